The van der Waals surface area contributed by atoms with Crippen molar-refractivity contribution in [3.8, 4) is 0 Å². The maximum atomic E-state index is 9.54. The van der Waals surface area contributed by atoms with Crippen LogP contribution in [0, 0.1) is 0 Å². The number of aliphatic hydroxyl groups excluding tert-OH is 1. The number of hydrogen-bond acceptors (Lipinski definition) is 2. The Morgan fingerprint density at radius 2 is 1.40 bits per heavy atom. The fourth-order valence-corrected chi connectivity index (χ4v) is 2.89. The fourth-order valence-electron chi connectivity index (χ4n) is 2.89. The zero-order chi connectivity index (χ0) is 11.3. The van der Waals surface area contributed by atoms with Crippen LogP contribution in [0.3, 0.4) is 0 Å². The van der Waals surface area contributed by atoms with Gasteiger partial charge in [0.2, 0.25) is 0 Å². The summed E-state index contributed by atoms with van der Waals surface area (Å²) in [5.74, 6) is 0. The van der Waals surface area contributed by atoms with Crippen molar-refractivity contribution in [1.29, 1.82) is 0 Å². The summed E-state index contributed by atoms with van der Waals surface area (Å²) in [6.45, 7) is 8.75. The number of rotatable bonds is 1. The van der Waals surface area contributed by atoms with E-state index in [1.807, 2.05) is 0 Å². The van der Waals surface area contributed by atoms with Gasteiger partial charge in [-0.15, -0.1) is 0 Å². The van der Waals surface area contributed by atoms with Crippen molar-refractivity contribution in [3.63, 3.8) is 0 Å². The Morgan fingerprint density at radius 1 is 1.00 bits per heavy atom. The molecule has 0 amide bonds. The maximum Gasteiger partial charge on any atom is 0.0970 e. The van der Waals surface area contributed by atoms with Gasteiger partial charge in [-0.3, -0.25) is 4.90 Å². The number of benzene rings is 1. The van der Waals surface area contributed by atoms with E-state index in [0.717, 1.165) is 0 Å². The first-order valence-corrected chi connectivity index (χ1v) is 5.41. The lowest BCUT2D eigenvalue weighted by molar-refractivity contribution is -0.0355. The van der Waals surface area contributed by atoms with Gasteiger partial charge in [0.15, 0.2) is 0 Å². The Kier molecular flexibility index (Phi) is 2.18. The summed E-state index contributed by atoms with van der Waals surface area (Å²) in [6.07, 6.45) is 0. The SMILES string of the molecule is CC1(C)c2ccccc2C(C)(C)N1CO. The van der Waals surface area contributed by atoms with E-state index in [4.69, 9.17) is 0 Å². The third kappa shape index (κ3) is 1.25. The summed E-state index contributed by atoms with van der Waals surface area (Å²) < 4.78 is 0. The molecule has 0 saturated carbocycles. The van der Waals surface area contributed by atoms with Gasteiger partial charge >= 0.3 is 0 Å². The van der Waals surface area contributed by atoms with Crippen molar-refractivity contribution in [3.05, 3.63) is 35.4 Å². The first-order chi connectivity index (χ1) is 6.92. The molecule has 0 fully saturated rings. The molecule has 1 heterocycles. The Morgan fingerprint density at radius 3 is 1.73 bits per heavy atom. The van der Waals surface area contributed by atoms with Gasteiger partial charge in [0, 0.05) is 11.1 Å². The lowest BCUT2D eigenvalue weighted by Gasteiger charge is -2.39. The molecule has 1 aliphatic heterocycles. The van der Waals surface area contributed by atoms with E-state index in [-0.39, 0.29) is 17.8 Å². The molecule has 0 unspecified atom stereocenters. The van der Waals surface area contributed by atoms with E-state index in [9.17, 15) is 5.11 Å². The van der Waals surface area contributed by atoms with Gasteiger partial charge in [0.25, 0.3) is 0 Å². The van der Waals surface area contributed by atoms with Gasteiger partial charge in [-0.05, 0) is 38.8 Å². The molecular formula is C13H19NO. The highest BCUT2D eigenvalue weighted by molar-refractivity contribution is 5.42. The molecule has 0 saturated heterocycles. The number of fused-ring (bicyclic) bond motifs is 1. The number of aliphatic hydroxyl groups is 1. The summed E-state index contributed by atoms with van der Waals surface area (Å²) in [5.41, 5.74) is 2.47. The molecule has 1 N–H and O–H groups in total. The highest BCUT2D eigenvalue weighted by Gasteiger charge is 2.48. The van der Waals surface area contributed by atoms with E-state index in [1.54, 1.807) is 0 Å². The Labute approximate surface area is 91.5 Å². The molecule has 0 aromatic heterocycles. The van der Waals surface area contributed by atoms with Crippen molar-refractivity contribution < 1.29 is 5.11 Å². The largest absolute Gasteiger partial charge is 0.381 e. The molecule has 2 nitrogen and oxygen atoms in total. The van der Waals surface area contributed by atoms with Gasteiger partial charge in [-0.1, -0.05) is 24.3 Å². The van der Waals surface area contributed by atoms with Crippen molar-refractivity contribution in [2.75, 3.05) is 6.73 Å². The molecule has 0 bridgehead atoms. The predicted molar refractivity (Wildman–Crippen MR) is 61.4 cm³/mol. The molecule has 0 aliphatic carbocycles. The number of nitrogens with zero attached hydrogens (tertiary/aromatic N) is 1. The van der Waals surface area contributed by atoms with E-state index < -0.39 is 0 Å². The quantitative estimate of drug-likeness (QED) is 0.761. The minimum absolute atomic E-state index is 0.0884. The van der Waals surface area contributed by atoms with Crippen LogP contribution in [0.1, 0.15) is 38.8 Å². The minimum atomic E-state index is -0.0884. The predicted octanol–water partition coefficient (Wildman–Crippen LogP) is 2.42. The first kappa shape index (κ1) is 10.7. The fraction of sp³-hybridized carbons (Fsp3) is 0.538. The van der Waals surface area contributed by atoms with Crippen molar-refractivity contribution >= 4 is 0 Å². The summed E-state index contributed by atoms with van der Waals surface area (Å²) in [7, 11) is 0. The molecule has 15 heavy (non-hydrogen) atoms. The summed E-state index contributed by atoms with van der Waals surface area (Å²) >= 11 is 0. The van der Waals surface area contributed by atoms with E-state index in [0.29, 0.717) is 0 Å². The van der Waals surface area contributed by atoms with Crippen LogP contribution < -0.4 is 0 Å². The highest BCUT2D eigenvalue weighted by Crippen LogP contribution is 2.48. The number of hydrogen-bond donors (Lipinski definition) is 1. The van der Waals surface area contributed by atoms with Gasteiger partial charge < -0.3 is 5.11 Å². The second-order valence-electron chi connectivity index (χ2n) is 5.23. The van der Waals surface area contributed by atoms with E-state index in [1.165, 1.54) is 11.1 Å². The van der Waals surface area contributed by atoms with Crippen molar-refractivity contribution in [1.82, 2.24) is 4.90 Å². The third-order valence-electron chi connectivity index (χ3n) is 3.74. The standard InChI is InChI=1S/C13H19NO/c1-12(2)10-7-5-6-8-11(10)13(3,4)14(12)9-15/h5-8,15H,9H2,1-4H3. The van der Waals surface area contributed by atoms with Crippen LogP contribution in [0.2, 0.25) is 0 Å². The van der Waals surface area contributed by atoms with Crippen LogP contribution in [0.5, 0.6) is 0 Å². The highest BCUT2D eigenvalue weighted by atomic mass is 16.3. The zero-order valence-corrected chi connectivity index (χ0v) is 9.91. The topological polar surface area (TPSA) is 23.5 Å². The molecule has 0 radical (unpaired) electrons. The third-order valence-corrected chi connectivity index (χ3v) is 3.74. The van der Waals surface area contributed by atoms with Crippen molar-refractivity contribution in [2.45, 2.75) is 38.8 Å². The van der Waals surface area contributed by atoms with E-state index in [2.05, 4.69) is 56.9 Å². The maximum absolute atomic E-state index is 9.54. The molecule has 1 aliphatic rings. The molecule has 1 aromatic rings. The van der Waals surface area contributed by atoms with Gasteiger partial charge in [-0.2, -0.15) is 0 Å². The minimum Gasteiger partial charge on any atom is -0.381 e. The Balaban J connectivity index is 2.65. The molecule has 2 heteroatoms. The second-order valence-corrected chi connectivity index (χ2v) is 5.23. The summed E-state index contributed by atoms with van der Waals surface area (Å²) in [4.78, 5) is 2.13. The molecular weight excluding hydrogens is 186 g/mol. The van der Waals surface area contributed by atoms with Gasteiger partial charge in [-0.25, -0.2) is 0 Å². The lowest BCUT2D eigenvalue weighted by atomic mass is 9.91. The van der Waals surface area contributed by atoms with Crippen LogP contribution in [-0.4, -0.2) is 16.7 Å². The monoisotopic (exact) mass is 205 g/mol. The van der Waals surface area contributed by atoms with E-state index >= 15 is 0 Å². The van der Waals surface area contributed by atoms with Gasteiger partial charge in [0.1, 0.15) is 0 Å². The van der Waals surface area contributed by atoms with Crippen LogP contribution >= 0.6 is 0 Å². The molecule has 1 aromatic carbocycles. The van der Waals surface area contributed by atoms with Crippen LogP contribution in [-0.2, 0) is 11.1 Å². The normalized spacial score (nSPS) is 22.7. The molecule has 82 valence electrons. The Bertz CT molecular complexity index is 347. The Hall–Kier alpha value is -0.860. The molecule has 2 rings (SSSR count). The van der Waals surface area contributed by atoms with Crippen LogP contribution in [0.25, 0.3) is 0 Å². The van der Waals surface area contributed by atoms with Crippen molar-refractivity contribution in [2.24, 2.45) is 0 Å². The van der Waals surface area contributed by atoms with Crippen LogP contribution in [0.4, 0.5) is 0 Å². The average molecular weight is 205 g/mol. The summed E-state index contributed by atoms with van der Waals surface area (Å²) in [6, 6.07) is 8.45. The van der Waals surface area contributed by atoms with Crippen LogP contribution in [0.15, 0.2) is 24.3 Å². The molecule has 0 spiro atoms. The first-order valence-electron chi connectivity index (χ1n) is 5.41. The zero-order valence-electron chi connectivity index (χ0n) is 9.91. The molecule has 0 atom stereocenters. The lowest BCUT2D eigenvalue weighted by Crippen LogP contribution is -2.45. The average Bonchev–Trinajstić information content (AvgIpc) is 2.32. The smallest absolute Gasteiger partial charge is 0.0970 e. The summed E-state index contributed by atoms with van der Waals surface area (Å²) in [5, 5.41) is 9.54. The second kappa shape index (κ2) is 3.06. The van der Waals surface area contributed by atoms with Gasteiger partial charge in [0.05, 0.1) is 6.73 Å².